The van der Waals surface area contributed by atoms with Crippen molar-refractivity contribution in [2.75, 3.05) is 0 Å². The first-order chi connectivity index (χ1) is 10.3. The topological polar surface area (TPSA) is 0 Å². The summed E-state index contributed by atoms with van der Waals surface area (Å²) in [6.07, 6.45) is 9.26. The predicted molar refractivity (Wildman–Crippen MR) is 102 cm³/mol. The van der Waals surface area contributed by atoms with Gasteiger partial charge in [-0.25, -0.2) is 0 Å². The van der Waals surface area contributed by atoms with E-state index in [-0.39, 0.29) is 0 Å². The Bertz CT molecular complexity index is 303. The average Bonchev–Trinajstić information content (AvgIpc) is 2.45. The maximum absolute atomic E-state index is 2.83. The molecule has 0 aliphatic heterocycles. The first kappa shape index (κ1) is 19.1. The molecule has 0 amide bonds. The maximum atomic E-state index is 2.83. The molecule has 0 aromatic carbocycles. The Kier molecular flexibility index (Phi) is 7.18. The van der Waals surface area contributed by atoms with Crippen molar-refractivity contribution < 1.29 is 0 Å². The number of hydrogen-bond donors (Lipinski definition) is 0. The SMILES string of the molecule is CC(C)[C@@H]1CC[C@@H](C)C[C@H]1[Sn]([CH3])[C@@H]1C[C@H](C)CC[C@H]1C(C)C. The van der Waals surface area contributed by atoms with Gasteiger partial charge in [-0.2, -0.15) is 0 Å². The van der Waals surface area contributed by atoms with E-state index in [9.17, 15) is 0 Å². The molecule has 0 nitrogen and oxygen atoms in total. The molecule has 0 bridgehead atoms. The van der Waals surface area contributed by atoms with Crippen LogP contribution >= 0.6 is 0 Å². The van der Waals surface area contributed by atoms with Gasteiger partial charge in [-0.1, -0.05) is 0 Å². The van der Waals surface area contributed by atoms with E-state index in [1.807, 2.05) is 0 Å². The zero-order valence-corrected chi connectivity index (χ0v) is 19.2. The third-order valence-electron chi connectivity index (χ3n) is 7.21. The van der Waals surface area contributed by atoms with Crippen molar-refractivity contribution in [3.8, 4) is 0 Å². The van der Waals surface area contributed by atoms with Crippen molar-refractivity contribution in [3.63, 3.8) is 0 Å². The van der Waals surface area contributed by atoms with Gasteiger partial charge >= 0.3 is 148 Å². The molecule has 0 unspecified atom stereocenters. The van der Waals surface area contributed by atoms with Crippen molar-refractivity contribution in [1.29, 1.82) is 0 Å². The van der Waals surface area contributed by atoms with E-state index in [0.29, 0.717) is 0 Å². The van der Waals surface area contributed by atoms with Crippen LogP contribution < -0.4 is 0 Å². The average molecular weight is 412 g/mol. The molecule has 2 saturated carbocycles. The van der Waals surface area contributed by atoms with Crippen LogP contribution in [0.3, 0.4) is 0 Å². The third-order valence-corrected chi connectivity index (χ3v) is 17.7. The normalized spacial score (nSPS) is 40.6. The van der Waals surface area contributed by atoms with E-state index in [0.717, 1.165) is 35.5 Å². The van der Waals surface area contributed by atoms with Crippen LogP contribution in [0, 0.1) is 35.5 Å². The van der Waals surface area contributed by atoms with Crippen LogP contribution in [0.2, 0.25) is 12.8 Å². The standard InChI is InChI=1S/2C10H19.CH3.Sn/c2*1-8(2)10-6-4-9(3)5-7-10;;/h2*6,8-10H,4-5,7H2,1-3H3;1H3;/t2*9-,10-;;/m00../s1. The zero-order chi connectivity index (χ0) is 16.4. The first-order valence-electron chi connectivity index (χ1n) is 10.1. The summed E-state index contributed by atoms with van der Waals surface area (Å²) in [5.41, 5.74) is 0. The van der Waals surface area contributed by atoms with Crippen molar-refractivity contribution >= 4 is 19.8 Å². The van der Waals surface area contributed by atoms with Crippen LogP contribution in [-0.4, -0.2) is 19.8 Å². The van der Waals surface area contributed by atoms with E-state index in [4.69, 9.17) is 0 Å². The van der Waals surface area contributed by atoms with Crippen LogP contribution in [-0.2, 0) is 0 Å². The van der Waals surface area contributed by atoms with Gasteiger partial charge in [-0.05, 0) is 0 Å². The molecule has 22 heavy (non-hydrogen) atoms. The van der Waals surface area contributed by atoms with Crippen molar-refractivity contribution in [1.82, 2.24) is 0 Å². The van der Waals surface area contributed by atoms with Crippen LogP contribution in [0.1, 0.15) is 80.1 Å². The monoisotopic (exact) mass is 413 g/mol. The molecule has 0 N–H and O–H groups in total. The van der Waals surface area contributed by atoms with Gasteiger partial charge in [0.2, 0.25) is 0 Å². The van der Waals surface area contributed by atoms with Crippen LogP contribution in [0.5, 0.6) is 0 Å². The van der Waals surface area contributed by atoms with Gasteiger partial charge in [0.25, 0.3) is 0 Å². The Morgan fingerprint density at radius 1 is 0.682 bits per heavy atom. The molecule has 0 saturated heterocycles. The van der Waals surface area contributed by atoms with Crippen LogP contribution in [0.25, 0.3) is 0 Å². The minimum atomic E-state index is -1.34. The first-order valence-corrected chi connectivity index (χ1v) is 16.3. The Balaban J connectivity index is 2.16. The number of hydrogen-bond acceptors (Lipinski definition) is 0. The Morgan fingerprint density at radius 3 is 1.36 bits per heavy atom. The van der Waals surface area contributed by atoms with E-state index in [1.54, 1.807) is 12.8 Å². The molecular formula is C21H41Sn. The summed E-state index contributed by atoms with van der Waals surface area (Å²) in [6.45, 7) is 15.1. The quantitative estimate of drug-likeness (QED) is 0.435. The molecule has 2 aliphatic carbocycles. The Hall–Kier alpha value is 0.799. The van der Waals surface area contributed by atoms with Gasteiger partial charge in [0, 0.05) is 0 Å². The predicted octanol–water partition coefficient (Wildman–Crippen LogP) is 7.04. The molecule has 0 heterocycles. The fourth-order valence-corrected chi connectivity index (χ4v) is 18.7. The number of rotatable bonds is 4. The van der Waals surface area contributed by atoms with E-state index in [1.165, 1.54) is 33.6 Å². The summed E-state index contributed by atoms with van der Waals surface area (Å²) >= 11 is -1.34. The zero-order valence-electron chi connectivity index (χ0n) is 16.4. The van der Waals surface area contributed by atoms with Crippen molar-refractivity contribution in [2.24, 2.45) is 35.5 Å². The third kappa shape index (κ3) is 4.45. The van der Waals surface area contributed by atoms with Gasteiger partial charge in [0.05, 0.1) is 0 Å². The van der Waals surface area contributed by atoms with E-state index >= 15 is 0 Å². The van der Waals surface area contributed by atoms with E-state index < -0.39 is 19.8 Å². The Morgan fingerprint density at radius 2 is 1.05 bits per heavy atom. The molecule has 2 rings (SSSR count). The second-order valence-electron chi connectivity index (χ2n) is 9.61. The molecule has 0 aromatic heterocycles. The summed E-state index contributed by atoms with van der Waals surface area (Å²) in [5, 5.41) is 0. The van der Waals surface area contributed by atoms with Gasteiger partial charge in [-0.3, -0.25) is 0 Å². The molecule has 1 heteroatoms. The van der Waals surface area contributed by atoms with E-state index in [2.05, 4.69) is 46.5 Å². The molecule has 129 valence electrons. The molecule has 2 fully saturated rings. The second kappa shape index (κ2) is 8.25. The van der Waals surface area contributed by atoms with Gasteiger partial charge in [0.15, 0.2) is 0 Å². The van der Waals surface area contributed by atoms with Gasteiger partial charge in [-0.15, -0.1) is 0 Å². The molecule has 1 radical (unpaired) electrons. The summed E-state index contributed by atoms with van der Waals surface area (Å²) in [7, 11) is 0. The molecule has 0 spiro atoms. The molecule has 0 aromatic rings. The Labute approximate surface area is 148 Å². The fourth-order valence-electron chi connectivity index (χ4n) is 5.73. The van der Waals surface area contributed by atoms with Crippen LogP contribution in [0.4, 0.5) is 0 Å². The van der Waals surface area contributed by atoms with Gasteiger partial charge in [0.1, 0.15) is 0 Å². The fraction of sp³-hybridized carbons (Fsp3) is 1.00. The van der Waals surface area contributed by atoms with Crippen molar-refractivity contribution in [2.45, 2.75) is 92.9 Å². The van der Waals surface area contributed by atoms with Crippen LogP contribution in [0.15, 0.2) is 0 Å². The van der Waals surface area contributed by atoms with Gasteiger partial charge < -0.3 is 0 Å². The summed E-state index contributed by atoms with van der Waals surface area (Å²) < 4.78 is 2.37. The summed E-state index contributed by atoms with van der Waals surface area (Å²) in [6, 6.07) is 0. The molecular weight excluding hydrogens is 371 g/mol. The molecule has 2 aliphatic rings. The summed E-state index contributed by atoms with van der Waals surface area (Å²) in [4.78, 5) is 2.83. The summed E-state index contributed by atoms with van der Waals surface area (Å²) in [5.74, 6) is 6.00. The van der Waals surface area contributed by atoms with Crippen molar-refractivity contribution in [3.05, 3.63) is 0 Å². The minimum absolute atomic E-state index is 0.923. The molecule has 6 atom stereocenters. The second-order valence-corrected chi connectivity index (χ2v) is 18.1.